The molecule has 0 bridgehead atoms. The van der Waals surface area contributed by atoms with Gasteiger partial charge in [-0.2, -0.15) is 13.6 Å². The van der Waals surface area contributed by atoms with Crippen molar-refractivity contribution >= 4 is 29.3 Å². The molecule has 0 amide bonds. The molecule has 2 aromatic rings. The van der Waals surface area contributed by atoms with Gasteiger partial charge in [-0.3, -0.25) is 32.8 Å². The van der Waals surface area contributed by atoms with Crippen LogP contribution in [0.1, 0.15) is 12.5 Å². The van der Waals surface area contributed by atoms with Crippen LogP contribution in [0.2, 0.25) is 0 Å². The summed E-state index contributed by atoms with van der Waals surface area (Å²) < 4.78 is 65.7. The summed E-state index contributed by atoms with van der Waals surface area (Å²) >= 11 is 0. The van der Waals surface area contributed by atoms with Crippen LogP contribution in [0.4, 0.5) is 5.82 Å². The SMILES string of the molecule is CONc1ccn([C@@H]2O[C@H](COP(=O)(O)OP(=O)(O)OP(=O)(O)OC[C@H]3O[C@@H](n4ccc(=O)[nH]c4=O)[C@@H](O)[C@H]3O)[C@H](O)[C@@H]2O)c(=O)n1. The van der Waals surface area contributed by atoms with E-state index < -0.39 is 103 Å². The van der Waals surface area contributed by atoms with Gasteiger partial charge in [0.15, 0.2) is 18.3 Å². The van der Waals surface area contributed by atoms with Crippen molar-refractivity contribution in [3.63, 3.8) is 0 Å². The average Bonchev–Trinajstić information content (AvgIpc) is 3.39. The van der Waals surface area contributed by atoms with Crippen LogP contribution in [0.3, 0.4) is 0 Å². The van der Waals surface area contributed by atoms with Crippen LogP contribution < -0.4 is 22.4 Å². The Balaban J connectivity index is 1.31. The number of hydrogen-bond acceptors (Lipinski definition) is 19. The standard InChI is InChI=1S/C19H28N5O20P3/c1-38-22-10-2-4-23(18(30)20-10)16-14(28)12(26)8(41-16)6-39-45(32,33)43-47(36,37)44-46(34,35)40-7-9-13(27)15(29)17(42-9)24-5-3-11(25)21-19(24)31/h2-5,8-9,12-17,26-29H,6-7H2,1H3,(H,32,33)(H,34,35)(H,36,37)(H,20,22,30)(H,21,25,31)/t8-,9-,12+,13+,14+,15+,16-,17-/m1/s1. The summed E-state index contributed by atoms with van der Waals surface area (Å²) in [4.78, 5) is 75.1. The van der Waals surface area contributed by atoms with Crippen molar-refractivity contribution in [1.82, 2.24) is 19.1 Å². The zero-order valence-corrected chi connectivity index (χ0v) is 26.1. The van der Waals surface area contributed by atoms with Crippen LogP contribution in [0.5, 0.6) is 0 Å². The number of aliphatic hydroxyl groups is 4. The van der Waals surface area contributed by atoms with Crippen LogP contribution in [-0.2, 0) is 45.7 Å². The summed E-state index contributed by atoms with van der Waals surface area (Å²) in [5.74, 6) is -0.00828. The van der Waals surface area contributed by atoms with Crippen molar-refractivity contribution in [3.05, 3.63) is 55.8 Å². The lowest BCUT2D eigenvalue weighted by Crippen LogP contribution is -2.37. The molecule has 4 rings (SSSR count). The number of rotatable bonds is 14. The second-order valence-electron chi connectivity index (χ2n) is 9.58. The summed E-state index contributed by atoms with van der Waals surface area (Å²) in [5, 5.41) is 41.0. The van der Waals surface area contributed by atoms with Crippen LogP contribution in [0.25, 0.3) is 0 Å². The van der Waals surface area contributed by atoms with E-state index >= 15 is 0 Å². The van der Waals surface area contributed by atoms with E-state index in [0.717, 1.165) is 23.0 Å². The molecule has 25 nitrogen and oxygen atoms in total. The number of aliphatic hydroxyl groups excluding tert-OH is 4. The molecule has 11 atom stereocenters. The fourth-order valence-corrected chi connectivity index (χ4v) is 7.77. The van der Waals surface area contributed by atoms with Gasteiger partial charge >= 0.3 is 34.8 Å². The number of aromatic amines is 1. The maximum Gasteiger partial charge on any atom is 0.490 e. The van der Waals surface area contributed by atoms with Gasteiger partial charge in [-0.05, 0) is 6.07 Å². The van der Waals surface area contributed by atoms with Crippen molar-refractivity contribution in [1.29, 1.82) is 0 Å². The molecule has 0 radical (unpaired) electrons. The number of hydrogen-bond donors (Lipinski definition) is 9. The maximum absolute atomic E-state index is 12.3. The molecule has 2 aliphatic heterocycles. The van der Waals surface area contributed by atoms with Gasteiger partial charge in [-0.15, -0.1) is 0 Å². The summed E-state index contributed by atoms with van der Waals surface area (Å²) in [5.41, 5.74) is -0.497. The smallest absolute Gasteiger partial charge is 0.387 e. The molecular weight excluding hydrogens is 711 g/mol. The Kier molecular flexibility index (Phi) is 11.5. The minimum Gasteiger partial charge on any atom is -0.387 e. The summed E-state index contributed by atoms with van der Waals surface area (Å²) in [6.45, 7) is -2.24. The number of phosphoric acid groups is 3. The molecule has 2 aromatic heterocycles. The number of aromatic nitrogens is 4. The van der Waals surface area contributed by atoms with Gasteiger partial charge < -0.3 is 44.6 Å². The molecule has 0 spiro atoms. The van der Waals surface area contributed by atoms with E-state index in [4.69, 9.17) is 9.47 Å². The van der Waals surface area contributed by atoms with Crippen molar-refractivity contribution < 1.29 is 80.8 Å². The molecule has 0 aromatic carbocycles. The number of H-pyrrole nitrogens is 1. The first kappa shape index (κ1) is 37.3. The highest BCUT2D eigenvalue weighted by atomic mass is 31.3. The van der Waals surface area contributed by atoms with Crippen molar-refractivity contribution in [2.24, 2.45) is 0 Å². The topological polar surface area (TPSA) is 359 Å². The molecule has 2 fully saturated rings. The predicted molar refractivity (Wildman–Crippen MR) is 146 cm³/mol. The average molecular weight is 739 g/mol. The van der Waals surface area contributed by atoms with E-state index in [1.54, 1.807) is 0 Å². The zero-order valence-electron chi connectivity index (χ0n) is 23.5. The van der Waals surface area contributed by atoms with Gasteiger partial charge in [0.1, 0.15) is 36.6 Å². The molecular formula is C19H28N5O20P3. The minimum atomic E-state index is -5.99. The van der Waals surface area contributed by atoms with Crippen LogP contribution >= 0.6 is 23.5 Å². The van der Waals surface area contributed by atoms with Crippen LogP contribution in [0, 0.1) is 0 Å². The molecule has 2 saturated heterocycles. The molecule has 28 heteroatoms. The lowest BCUT2D eigenvalue weighted by Gasteiger charge is -2.21. The van der Waals surface area contributed by atoms with Gasteiger partial charge in [-0.25, -0.2) is 28.8 Å². The molecule has 264 valence electrons. The van der Waals surface area contributed by atoms with E-state index in [1.807, 2.05) is 4.98 Å². The Morgan fingerprint density at radius 2 is 1.30 bits per heavy atom. The number of ether oxygens (including phenoxy) is 2. The monoisotopic (exact) mass is 739 g/mol. The van der Waals surface area contributed by atoms with Gasteiger partial charge in [0.25, 0.3) is 5.56 Å². The highest BCUT2D eigenvalue weighted by Gasteiger charge is 2.49. The lowest BCUT2D eigenvalue weighted by atomic mass is 10.1. The molecule has 0 saturated carbocycles. The predicted octanol–water partition coefficient (Wildman–Crippen LogP) is -3.63. The number of nitrogens with one attached hydrogen (secondary N) is 2. The number of phosphoric ester groups is 2. The van der Waals surface area contributed by atoms with E-state index in [9.17, 15) is 63.2 Å². The Morgan fingerprint density at radius 3 is 1.77 bits per heavy atom. The zero-order chi connectivity index (χ0) is 34.9. The Hall–Kier alpha value is -2.51. The number of anilines is 1. The van der Waals surface area contributed by atoms with E-state index in [-0.39, 0.29) is 5.82 Å². The highest BCUT2D eigenvalue weighted by Crippen LogP contribution is 2.67. The molecule has 47 heavy (non-hydrogen) atoms. The quantitative estimate of drug-likeness (QED) is 0.0666. The first-order valence-electron chi connectivity index (χ1n) is 12.8. The molecule has 9 N–H and O–H groups in total. The summed E-state index contributed by atoms with van der Waals surface area (Å²) in [6, 6.07) is 2.15. The summed E-state index contributed by atoms with van der Waals surface area (Å²) in [7, 11) is -16.1. The third-order valence-electron chi connectivity index (χ3n) is 6.33. The maximum atomic E-state index is 12.3. The molecule has 2 aliphatic rings. The lowest BCUT2D eigenvalue weighted by molar-refractivity contribution is -0.0548. The third kappa shape index (κ3) is 9.14. The van der Waals surface area contributed by atoms with Gasteiger partial charge in [-0.1, -0.05) is 0 Å². The molecule has 0 aliphatic carbocycles. The minimum absolute atomic E-state index is 0.00828. The van der Waals surface area contributed by atoms with Crippen molar-refractivity contribution in [2.45, 2.75) is 49.1 Å². The van der Waals surface area contributed by atoms with Crippen molar-refractivity contribution in [2.75, 3.05) is 25.8 Å². The van der Waals surface area contributed by atoms with Gasteiger partial charge in [0.2, 0.25) is 0 Å². The Labute approximate surface area is 260 Å². The second-order valence-corrected chi connectivity index (χ2v) is 14.2. The van der Waals surface area contributed by atoms with Gasteiger partial charge in [0.05, 0.1) is 20.3 Å². The van der Waals surface area contributed by atoms with Gasteiger partial charge in [0, 0.05) is 18.5 Å². The largest absolute Gasteiger partial charge is 0.490 e. The second kappa shape index (κ2) is 14.5. The molecule has 3 unspecified atom stereocenters. The van der Waals surface area contributed by atoms with E-state index in [0.29, 0.717) is 4.57 Å². The highest BCUT2D eigenvalue weighted by molar-refractivity contribution is 7.66. The third-order valence-corrected chi connectivity index (χ3v) is 10.6. The van der Waals surface area contributed by atoms with Crippen molar-refractivity contribution in [3.8, 4) is 0 Å². The van der Waals surface area contributed by atoms with E-state index in [1.165, 1.54) is 13.2 Å². The fraction of sp³-hybridized carbons (Fsp3) is 0.579. The number of nitrogens with zero attached hydrogens (tertiary/aromatic N) is 3. The first-order chi connectivity index (χ1) is 21.8. The Bertz CT molecular complexity index is 1750. The van der Waals surface area contributed by atoms with Crippen LogP contribution in [0.15, 0.2) is 38.9 Å². The Morgan fingerprint density at radius 1 is 0.809 bits per heavy atom. The first-order valence-corrected chi connectivity index (χ1v) is 17.2. The summed E-state index contributed by atoms with van der Waals surface area (Å²) in [6.07, 6.45) is -11.8. The normalized spacial score (nSPS) is 31.6. The van der Waals surface area contributed by atoms with E-state index in [2.05, 4.69) is 33.0 Å². The molecule has 4 heterocycles. The fourth-order valence-electron chi connectivity index (χ4n) is 4.25. The van der Waals surface area contributed by atoms with Crippen LogP contribution in [-0.4, -0.2) is 111 Å².